The van der Waals surface area contributed by atoms with Gasteiger partial charge in [-0.2, -0.15) is 4.98 Å². The van der Waals surface area contributed by atoms with Crippen LogP contribution in [-0.2, 0) is 0 Å². The number of hydrogen-bond acceptors (Lipinski definition) is 6. The molecule has 96 valence electrons. The van der Waals surface area contributed by atoms with Crippen molar-refractivity contribution < 1.29 is 14.7 Å². The highest BCUT2D eigenvalue weighted by molar-refractivity contribution is 9.11. The number of aromatic nitrogens is 2. The zero-order chi connectivity index (χ0) is 13.4. The molecule has 0 saturated carbocycles. The molecule has 3 rings (SSSR count). The molecule has 1 aromatic carbocycles. The van der Waals surface area contributed by atoms with Gasteiger partial charge in [0.25, 0.3) is 5.89 Å². The third-order valence-electron chi connectivity index (χ3n) is 2.43. The van der Waals surface area contributed by atoms with Gasteiger partial charge in [-0.05, 0) is 40.2 Å². The normalized spacial score (nSPS) is 10.8. The lowest BCUT2D eigenvalue weighted by molar-refractivity contribution is 0.423. The first-order chi connectivity index (χ1) is 9.13. The molecule has 5 nitrogen and oxygen atoms in total. The summed E-state index contributed by atoms with van der Waals surface area (Å²) in [5.41, 5.74) is 0.382. The summed E-state index contributed by atoms with van der Waals surface area (Å²) in [7, 11) is 0. The topological polar surface area (TPSA) is 79.4 Å². The summed E-state index contributed by atoms with van der Waals surface area (Å²) >= 11 is 4.85. The van der Waals surface area contributed by atoms with Crippen LogP contribution in [0.15, 0.2) is 38.6 Å². The van der Waals surface area contributed by atoms with E-state index in [1.807, 2.05) is 12.1 Å². The number of aromatic hydroxyl groups is 2. The number of rotatable bonds is 2. The van der Waals surface area contributed by atoms with Crippen LogP contribution in [0.1, 0.15) is 0 Å². The Balaban J connectivity index is 2.01. The first-order valence-electron chi connectivity index (χ1n) is 5.25. The average molecular weight is 339 g/mol. The third-order valence-corrected chi connectivity index (χ3v) is 4.05. The highest BCUT2D eigenvalue weighted by Crippen LogP contribution is 2.34. The second-order valence-electron chi connectivity index (χ2n) is 3.73. The fourth-order valence-corrected chi connectivity index (χ4v) is 2.88. The van der Waals surface area contributed by atoms with Crippen molar-refractivity contribution in [2.45, 2.75) is 0 Å². The Morgan fingerprint density at radius 1 is 1.16 bits per heavy atom. The van der Waals surface area contributed by atoms with Gasteiger partial charge in [-0.15, -0.1) is 11.3 Å². The Morgan fingerprint density at radius 3 is 2.68 bits per heavy atom. The molecule has 0 aliphatic carbocycles. The summed E-state index contributed by atoms with van der Waals surface area (Å²) in [6.45, 7) is 0. The maximum atomic E-state index is 9.74. The van der Waals surface area contributed by atoms with Crippen LogP contribution in [0.5, 0.6) is 11.5 Å². The highest BCUT2D eigenvalue weighted by Gasteiger charge is 2.15. The van der Waals surface area contributed by atoms with Crippen molar-refractivity contribution in [3.05, 3.63) is 34.1 Å². The zero-order valence-corrected chi connectivity index (χ0v) is 11.8. The molecule has 0 atom stereocenters. The molecule has 0 amide bonds. The molecule has 19 heavy (non-hydrogen) atoms. The van der Waals surface area contributed by atoms with E-state index in [-0.39, 0.29) is 17.4 Å². The summed E-state index contributed by atoms with van der Waals surface area (Å²) in [4.78, 5) is 5.09. The van der Waals surface area contributed by atoms with Crippen LogP contribution in [0.25, 0.3) is 22.2 Å². The van der Waals surface area contributed by atoms with Gasteiger partial charge >= 0.3 is 0 Å². The fourth-order valence-electron chi connectivity index (χ4n) is 1.57. The van der Waals surface area contributed by atoms with Gasteiger partial charge in [0.05, 0.1) is 14.2 Å². The second kappa shape index (κ2) is 4.67. The van der Waals surface area contributed by atoms with Crippen LogP contribution in [0, 0.1) is 0 Å². The molecule has 0 aliphatic rings. The lowest BCUT2D eigenvalue weighted by Crippen LogP contribution is -1.79. The molecule has 0 saturated heterocycles. The number of nitrogens with zero attached hydrogens (tertiary/aromatic N) is 2. The van der Waals surface area contributed by atoms with Crippen molar-refractivity contribution in [3.8, 4) is 33.7 Å². The smallest absolute Gasteiger partial charge is 0.262 e. The molecule has 0 bridgehead atoms. The highest BCUT2D eigenvalue weighted by atomic mass is 79.9. The van der Waals surface area contributed by atoms with Gasteiger partial charge in [0.2, 0.25) is 5.82 Å². The number of hydrogen-bond donors (Lipinski definition) is 2. The fraction of sp³-hybridized carbons (Fsp3) is 0. The van der Waals surface area contributed by atoms with E-state index in [1.165, 1.54) is 29.5 Å². The maximum Gasteiger partial charge on any atom is 0.262 e. The summed E-state index contributed by atoms with van der Waals surface area (Å²) in [6, 6.07) is 7.96. The Kier molecular flexibility index (Phi) is 3.00. The maximum absolute atomic E-state index is 9.74. The Labute approximate surface area is 120 Å². The van der Waals surface area contributed by atoms with Crippen LogP contribution in [-0.4, -0.2) is 20.4 Å². The van der Waals surface area contributed by atoms with Gasteiger partial charge in [0, 0.05) is 6.07 Å². The van der Waals surface area contributed by atoms with Gasteiger partial charge in [-0.1, -0.05) is 5.16 Å². The predicted octanol–water partition coefficient (Wildman–Crippen LogP) is 3.64. The van der Waals surface area contributed by atoms with Crippen molar-refractivity contribution in [1.82, 2.24) is 10.1 Å². The molecule has 0 radical (unpaired) electrons. The van der Waals surface area contributed by atoms with Gasteiger partial charge in [-0.3, -0.25) is 0 Å². The molecular weight excluding hydrogens is 332 g/mol. The van der Waals surface area contributed by atoms with Gasteiger partial charge in [-0.25, -0.2) is 0 Å². The van der Waals surface area contributed by atoms with E-state index in [1.54, 1.807) is 0 Å². The molecular formula is C12H7BrN2O3S. The largest absolute Gasteiger partial charge is 0.508 e. The van der Waals surface area contributed by atoms with Gasteiger partial charge < -0.3 is 14.7 Å². The van der Waals surface area contributed by atoms with Crippen LogP contribution in [0.4, 0.5) is 0 Å². The second-order valence-corrected chi connectivity index (χ2v) is 6.19. The first-order valence-corrected chi connectivity index (χ1v) is 6.86. The van der Waals surface area contributed by atoms with Crippen molar-refractivity contribution in [2.24, 2.45) is 0 Å². The lowest BCUT2D eigenvalue weighted by atomic mass is 10.2. The van der Waals surface area contributed by atoms with E-state index in [4.69, 9.17) is 4.52 Å². The van der Waals surface area contributed by atoms with Gasteiger partial charge in [0.15, 0.2) is 0 Å². The van der Waals surface area contributed by atoms with E-state index < -0.39 is 0 Å². The molecule has 2 N–H and O–H groups in total. The summed E-state index contributed by atoms with van der Waals surface area (Å²) < 4.78 is 6.10. The number of thiophene rings is 1. The SMILES string of the molecule is Oc1ccc(-c2nc(-c3ccc(Br)s3)no2)c(O)c1. The summed E-state index contributed by atoms with van der Waals surface area (Å²) in [5, 5.41) is 22.8. The number of halogens is 1. The van der Waals surface area contributed by atoms with Crippen molar-refractivity contribution in [1.29, 1.82) is 0 Å². The zero-order valence-electron chi connectivity index (χ0n) is 9.37. The molecule has 2 heterocycles. The van der Waals surface area contributed by atoms with Crippen molar-refractivity contribution in [2.75, 3.05) is 0 Å². The minimum Gasteiger partial charge on any atom is -0.508 e. The Morgan fingerprint density at radius 2 is 2.00 bits per heavy atom. The van der Waals surface area contributed by atoms with E-state index >= 15 is 0 Å². The van der Waals surface area contributed by atoms with E-state index in [0.717, 1.165) is 8.66 Å². The molecule has 3 aromatic rings. The van der Waals surface area contributed by atoms with E-state index in [2.05, 4.69) is 26.1 Å². The molecule has 0 unspecified atom stereocenters. The number of benzene rings is 1. The molecule has 0 aliphatic heterocycles. The van der Waals surface area contributed by atoms with Gasteiger partial charge in [0.1, 0.15) is 11.5 Å². The van der Waals surface area contributed by atoms with Crippen LogP contribution in [0.2, 0.25) is 0 Å². The molecule has 0 fully saturated rings. The minimum atomic E-state index is -0.109. The predicted molar refractivity (Wildman–Crippen MR) is 74.1 cm³/mol. The average Bonchev–Trinajstić information content (AvgIpc) is 2.97. The van der Waals surface area contributed by atoms with Crippen LogP contribution in [0.3, 0.4) is 0 Å². The van der Waals surface area contributed by atoms with E-state index in [9.17, 15) is 10.2 Å². The van der Waals surface area contributed by atoms with Crippen molar-refractivity contribution in [3.63, 3.8) is 0 Å². The summed E-state index contributed by atoms with van der Waals surface area (Å²) in [5.74, 6) is 0.529. The summed E-state index contributed by atoms with van der Waals surface area (Å²) in [6.07, 6.45) is 0. The number of phenolic OH excluding ortho intramolecular Hbond substituents is 2. The monoisotopic (exact) mass is 338 g/mol. The van der Waals surface area contributed by atoms with Crippen LogP contribution < -0.4 is 0 Å². The quantitative estimate of drug-likeness (QED) is 0.745. The number of phenols is 2. The lowest BCUT2D eigenvalue weighted by Gasteiger charge is -1.98. The standard InChI is InChI=1S/C12H7BrN2O3S/c13-10-4-3-9(19-10)11-14-12(18-15-11)7-2-1-6(16)5-8(7)17/h1-5,16-17H. The molecule has 2 aromatic heterocycles. The first kappa shape index (κ1) is 12.2. The van der Waals surface area contributed by atoms with Crippen molar-refractivity contribution >= 4 is 27.3 Å². The minimum absolute atomic E-state index is 0.0248. The third kappa shape index (κ3) is 2.34. The molecule has 7 heteroatoms. The van der Waals surface area contributed by atoms with Crippen LogP contribution >= 0.6 is 27.3 Å². The molecule has 0 spiro atoms. The Bertz CT molecular complexity index is 738. The Hall–Kier alpha value is -1.86. The van der Waals surface area contributed by atoms with E-state index in [0.29, 0.717) is 11.4 Å².